The summed E-state index contributed by atoms with van der Waals surface area (Å²) in [5.74, 6) is 0.686. The average molecular weight is 284 g/mol. The second-order valence-electron chi connectivity index (χ2n) is 3.96. The molecule has 2 rings (SSSR count). The maximum Gasteiger partial charge on any atom is 0.327 e. The van der Waals surface area contributed by atoms with Crippen molar-refractivity contribution >= 4 is 23.2 Å². The molecule has 0 bridgehead atoms. The Bertz CT molecular complexity index is 582. The largest absolute Gasteiger partial charge is 0.424 e. The van der Waals surface area contributed by atoms with Gasteiger partial charge in [0.05, 0.1) is 0 Å². The van der Waals surface area contributed by atoms with Gasteiger partial charge in [0.1, 0.15) is 5.75 Å². The highest BCUT2D eigenvalue weighted by Gasteiger charge is 2.09. The molecule has 0 saturated heterocycles. The molecule has 0 aliphatic heterocycles. The van der Waals surface area contributed by atoms with E-state index in [1.165, 1.54) is 0 Å². The highest BCUT2D eigenvalue weighted by Crippen LogP contribution is 2.27. The van der Waals surface area contributed by atoms with E-state index in [1.807, 2.05) is 26.8 Å². The number of nitrogens with zero attached hydrogens (tertiary/aromatic N) is 3. The summed E-state index contributed by atoms with van der Waals surface area (Å²) >= 11 is 11.4. The van der Waals surface area contributed by atoms with Crippen LogP contribution in [0.2, 0.25) is 10.6 Å². The molecule has 94 valence electrons. The van der Waals surface area contributed by atoms with Gasteiger partial charge in [-0.25, -0.2) is 0 Å². The van der Waals surface area contributed by atoms with Crippen molar-refractivity contribution in [3.8, 4) is 11.8 Å². The smallest absolute Gasteiger partial charge is 0.327 e. The van der Waals surface area contributed by atoms with Crippen LogP contribution in [0.5, 0.6) is 11.8 Å². The standard InChI is InChI=1S/C12H11Cl2N3O/c1-6-4-7(2)8(3)9(5-6)18-12-16-10(13)15-11(14)17-12/h4-5H,1-3H3. The van der Waals surface area contributed by atoms with Crippen LogP contribution in [0.1, 0.15) is 16.7 Å². The van der Waals surface area contributed by atoms with Crippen LogP contribution in [-0.2, 0) is 0 Å². The van der Waals surface area contributed by atoms with Gasteiger partial charge in [-0.2, -0.15) is 15.0 Å². The third-order valence-corrected chi connectivity index (χ3v) is 2.86. The van der Waals surface area contributed by atoms with Gasteiger partial charge >= 0.3 is 6.01 Å². The Morgan fingerprint density at radius 2 is 1.56 bits per heavy atom. The van der Waals surface area contributed by atoms with E-state index in [0.717, 1.165) is 16.7 Å². The molecule has 6 heteroatoms. The molecule has 0 atom stereocenters. The highest BCUT2D eigenvalue weighted by molar-refractivity contribution is 6.31. The molecule has 0 amide bonds. The van der Waals surface area contributed by atoms with Gasteiger partial charge in [0.15, 0.2) is 0 Å². The molecule has 0 aliphatic carbocycles. The van der Waals surface area contributed by atoms with E-state index in [2.05, 4.69) is 21.0 Å². The van der Waals surface area contributed by atoms with Crippen molar-refractivity contribution in [2.24, 2.45) is 0 Å². The fraction of sp³-hybridized carbons (Fsp3) is 0.250. The summed E-state index contributed by atoms with van der Waals surface area (Å²) in [6.07, 6.45) is 0. The Balaban J connectivity index is 2.39. The highest BCUT2D eigenvalue weighted by atomic mass is 35.5. The molecular weight excluding hydrogens is 273 g/mol. The monoisotopic (exact) mass is 283 g/mol. The summed E-state index contributed by atoms with van der Waals surface area (Å²) in [6, 6.07) is 4.08. The second-order valence-corrected chi connectivity index (χ2v) is 4.64. The first kappa shape index (κ1) is 13.1. The molecule has 0 N–H and O–H groups in total. The summed E-state index contributed by atoms with van der Waals surface area (Å²) in [5, 5.41) is 0.0130. The summed E-state index contributed by atoms with van der Waals surface area (Å²) in [5.41, 5.74) is 3.25. The zero-order chi connectivity index (χ0) is 13.3. The maximum absolute atomic E-state index is 5.69. The quantitative estimate of drug-likeness (QED) is 0.839. The van der Waals surface area contributed by atoms with Crippen LogP contribution < -0.4 is 4.74 Å². The number of aryl methyl sites for hydroxylation is 2. The van der Waals surface area contributed by atoms with Crippen LogP contribution in [-0.4, -0.2) is 15.0 Å². The fourth-order valence-electron chi connectivity index (χ4n) is 1.56. The zero-order valence-electron chi connectivity index (χ0n) is 10.2. The lowest BCUT2D eigenvalue weighted by molar-refractivity contribution is 0.435. The Morgan fingerprint density at radius 3 is 2.17 bits per heavy atom. The van der Waals surface area contributed by atoms with Gasteiger partial charge in [0.25, 0.3) is 0 Å². The van der Waals surface area contributed by atoms with Crippen molar-refractivity contribution in [1.29, 1.82) is 0 Å². The number of aromatic nitrogens is 3. The lowest BCUT2D eigenvalue weighted by Gasteiger charge is -2.10. The second kappa shape index (κ2) is 5.08. The van der Waals surface area contributed by atoms with Crippen LogP contribution in [0.25, 0.3) is 0 Å². The molecule has 18 heavy (non-hydrogen) atoms. The van der Waals surface area contributed by atoms with E-state index in [4.69, 9.17) is 27.9 Å². The molecule has 0 spiro atoms. The Morgan fingerprint density at radius 1 is 0.944 bits per heavy atom. The van der Waals surface area contributed by atoms with E-state index < -0.39 is 0 Å². The van der Waals surface area contributed by atoms with E-state index in [-0.39, 0.29) is 16.6 Å². The molecule has 2 aromatic rings. The zero-order valence-corrected chi connectivity index (χ0v) is 11.7. The van der Waals surface area contributed by atoms with Gasteiger partial charge < -0.3 is 4.74 Å². The summed E-state index contributed by atoms with van der Waals surface area (Å²) in [7, 11) is 0. The molecule has 1 aromatic carbocycles. The Hall–Kier alpha value is -1.39. The number of ether oxygens (including phenoxy) is 1. The molecule has 1 aromatic heterocycles. The fourth-order valence-corrected chi connectivity index (χ4v) is 1.91. The van der Waals surface area contributed by atoms with E-state index >= 15 is 0 Å². The first-order chi connectivity index (χ1) is 8.45. The lowest BCUT2D eigenvalue weighted by Crippen LogP contribution is -1.97. The van der Waals surface area contributed by atoms with Gasteiger partial charge in [-0.05, 0) is 66.7 Å². The summed E-state index contributed by atoms with van der Waals surface area (Å²) in [6.45, 7) is 5.98. The normalized spacial score (nSPS) is 10.5. The third kappa shape index (κ3) is 2.89. The molecule has 1 heterocycles. The van der Waals surface area contributed by atoms with Crippen molar-refractivity contribution in [3.05, 3.63) is 39.4 Å². The van der Waals surface area contributed by atoms with Crippen LogP contribution in [0.15, 0.2) is 12.1 Å². The van der Waals surface area contributed by atoms with Crippen molar-refractivity contribution in [2.45, 2.75) is 20.8 Å². The molecular formula is C12H11Cl2N3O. The van der Waals surface area contributed by atoms with Crippen LogP contribution in [0.3, 0.4) is 0 Å². The van der Waals surface area contributed by atoms with Crippen molar-refractivity contribution in [1.82, 2.24) is 15.0 Å². The van der Waals surface area contributed by atoms with E-state index in [0.29, 0.717) is 5.75 Å². The molecule has 0 unspecified atom stereocenters. The molecule has 0 radical (unpaired) electrons. The van der Waals surface area contributed by atoms with Crippen LogP contribution >= 0.6 is 23.2 Å². The van der Waals surface area contributed by atoms with E-state index in [9.17, 15) is 0 Å². The first-order valence-electron chi connectivity index (χ1n) is 5.28. The van der Waals surface area contributed by atoms with Crippen molar-refractivity contribution in [3.63, 3.8) is 0 Å². The molecule has 0 fully saturated rings. The molecule has 0 aliphatic rings. The SMILES string of the molecule is Cc1cc(C)c(C)c(Oc2nc(Cl)nc(Cl)n2)c1. The Labute approximate surface area is 115 Å². The Kier molecular flexibility index (Phi) is 3.68. The van der Waals surface area contributed by atoms with E-state index in [1.54, 1.807) is 0 Å². The average Bonchev–Trinajstić information content (AvgIpc) is 2.23. The third-order valence-electron chi connectivity index (χ3n) is 2.53. The summed E-state index contributed by atoms with van der Waals surface area (Å²) < 4.78 is 5.60. The number of hydrogen-bond acceptors (Lipinski definition) is 4. The maximum atomic E-state index is 5.69. The first-order valence-corrected chi connectivity index (χ1v) is 6.04. The minimum Gasteiger partial charge on any atom is -0.424 e. The number of hydrogen-bond donors (Lipinski definition) is 0. The van der Waals surface area contributed by atoms with Crippen LogP contribution in [0.4, 0.5) is 0 Å². The lowest BCUT2D eigenvalue weighted by atomic mass is 10.1. The molecule has 4 nitrogen and oxygen atoms in total. The number of benzene rings is 1. The minimum absolute atomic E-state index is 0.00651. The van der Waals surface area contributed by atoms with Gasteiger partial charge in [-0.1, -0.05) is 6.07 Å². The predicted octanol–water partition coefficient (Wildman–Crippen LogP) is 3.90. The van der Waals surface area contributed by atoms with Gasteiger partial charge in [0.2, 0.25) is 10.6 Å². The number of halogens is 2. The summed E-state index contributed by atoms with van der Waals surface area (Å²) in [4.78, 5) is 11.4. The molecule has 0 saturated carbocycles. The van der Waals surface area contributed by atoms with Gasteiger partial charge in [0, 0.05) is 0 Å². The number of rotatable bonds is 2. The van der Waals surface area contributed by atoms with Crippen LogP contribution in [0, 0.1) is 20.8 Å². The topological polar surface area (TPSA) is 47.9 Å². The van der Waals surface area contributed by atoms with Gasteiger partial charge in [-0.3, -0.25) is 0 Å². The minimum atomic E-state index is 0.00651. The van der Waals surface area contributed by atoms with Gasteiger partial charge in [-0.15, -0.1) is 0 Å². The predicted molar refractivity (Wildman–Crippen MR) is 70.6 cm³/mol. The van der Waals surface area contributed by atoms with Crippen molar-refractivity contribution < 1.29 is 4.74 Å². The van der Waals surface area contributed by atoms with Crippen molar-refractivity contribution in [2.75, 3.05) is 0 Å².